The number of hydrogen-bond donors (Lipinski definition) is 1. The van der Waals surface area contributed by atoms with Gasteiger partial charge < -0.3 is 5.73 Å². The summed E-state index contributed by atoms with van der Waals surface area (Å²) in [7, 11) is 0. The van der Waals surface area contributed by atoms with Crippen molar-refractivity contribution >= 4 is 0 Å². The molecule has 1 heterocycles. The minimum Gasteiger partial charge on any atom is -0.321 e. The van der Waals surface area contributed by atoms with Gasteiger partial charge in [-0.05, 0) is 24.6 Å². The minimum absolute atomic E-state index is 0.0725. The zero-order valence-electron chi connectivity index (χ0n) is 6.62. The van der Waals surface area contributed by atoms with E-state index in [9.17, 15) is 0 Å². The number of hydrogen-bond acceptors (Lipinski definition) is 2. The smallest absolute Gasteiger partial charge is 0.0479 e. The monoisotopic (exact) mass is 148 g/mol. The van der Waals surface area contributed by atoms with E-state index in [1.807, 2.05) is 19.1 Å². The van der Waals surface area contributed by atoms with Gasteiger partial charge in [-0.25, -0.2) is 0 Å². The van der Waals surface area contributed by atoms with Crippen molar-refractivity contribution in [1.82, 2.24) is 4.98 Å². The van der Waals surface area contributed by atoms with Crippen LogP contribution in [0.15, 0.2) is 31.0 Å². The maximum atomic E-state index is 5.72. The van der Waals surface area contributed by atoms with E-state index in [2.05, 4.69) is 11.6 Å². The third-order valence-electron chi connectivity index (χ3n) is 1.56. The Kier molecular flexibility index (Phi) is 2.39. The van der Waals surface area contributed by atoms with Crippen molar-refractivity contribution in [3.63, 3.8) is 0 Å². The summed E-state index contributed by atoms with van der Waals surface area (Å²) in [6, 6.07) is 3.79. The molecular weight excluding hydrogens is 136 g/mol. The molecule has 11 heavy (non-hydrogen) atoms. The molecule has 0 aliphatic carbocycles. The Morgan fingerprint density at radius 3 is 3.00 bits per heavy atom. The van der Waals surface area contributed by atoms with E-state index in [-0.39, 0.29) is 6.04 Å². The molecule has 0 bridgehead atoms. The van der Waals surface area contributed by atoms with E-state index >= 15 is 0 Å². The van der Waals surface area contributed by atoms with E-state index in [0.717, 1.165) is 11.3 Å². The third kappa shape index (κ3) is 1.88. The van der Waals surface area contributed by atoms with Crippen LogP contribution in [0.25, 0.3) is 0 Å². The fraction of sp³-hybridized carbons (Fsp3) is 0.222. The first-order valence-electron chi connectivity index (χ1n) is 3.54. The van der Waals surface area contributed by atoms with Crippen molar-refractivity contribution in [2.45, 2.75) is 13.0 Å². The van der Waals surface area contributed by atoms with Crippen molar-refractivity contribution in [3.8, 4) is 0 Å². The molecule has 0 aliphatic heterocycles. The third-order valence-corrected chi connectivity index (χ3v) is 1.56. The molecule has 2 N–H and O–H groups in total. The Morgan fingerprint density at radius 2 is 2.45 bits per heavy atom. The first-order chi connectivity index (χ1) is 5.24. The molecule has 0 saturated carbocycles. The van der Waals surface area contributed by atoms with Crippen LogP contribution >= 0.6 is 0 Å². The van der Waals surface area contributed by atoms with Gasteiger partial charge in [-0.15, -0.1) is 6.58 Å². The lowest BCUT2D eigenvalue weighted by Crippen LogP contribution is -2.06. The summed E-state index contributed by atoms with van der Waals surface area (Å²) in [6.45, 7) is 5.56. The second-order valence-corrected chi connectivity index (χ2v) is 2.49. The highest BCUT2D eigenvalue weighted by Gasteiger charge is 1.99. The lowest BCUT2D eigenvalue weighted by Gasteiger charge is -2.05. The molecule has 0 saturated heterocycles. The summed E-state index contributed by atoms with van der Waals surface area (Å²) in [5.41, 5.74) is 7.77. The molecule has 0 aromatic carbocycles. The molecule has 1 aromatic heterocycles. The molecule has 0 unspecified atom stereocenters. The number of nitrogens with two attached hydrogens (primary N) is 1. The van der Waals surface area contributed by atoms with Gasteiger partial charge in [-0.3, -0.25) is 4.98 Å². The van der Waals surface area contributed by atoms with E-state index in [1.165, 1.54) is 0 Å². The van der Waals surface area contributed by atoms with Gasteiger partial charge in [-0.1, -0.05) is 6.08 Å². The van der Waals surface area contributed by atoms with E-state index < -0.39 is 0 Å². The Balaban J connectivity index is 2.95. The second kappa shape index (κ2) is 3.30. The molecule has 0 amide bonds. The highest BCUT2D eigenvalue weighted by Crippen LogP contribution is 2.10. The molecule has 1 rings (SSSR count). The molecule has 0 radical (unpaired) electrons. The Labute approximate surface area is 66.8 Å². The van der Waals surface area contributed by atoms with Gasteiger partial charge in [-0.2, -0.15) is 0 Å². The van der Waals surface area contributed by atoms with Gasteiger partial charge in [0.2, 0.25) is 0 Å². The van der Waals surface area contributed by atoms with Crippen LogP contribution in [-0.4, -0.2) is 4.98 Å². The normalized spacial score (nSPS) is 12.5. The molecule has 58 valence electrons. The van der Waals surface area contributed by atoms with Crippen LogP contribution in [0.1, 0.15) is 17.3 Å². The van der Waals surface area contributed by atoms with Crippen LogP contribution in [0, 0.1) is 6.92 Å². The van der Waals surface area contributed by atoms with Crippen molar-refractivity contribution < 1.29 is 0 Å². The Morgan fingerprint density at radius 1 is 1.73 bits per heavy atom. The quantitative estimate of drug-likeness (QED) is 0.646. The predicted octanol–water partition coefficient (Wildman–Crippen LogP) is 1.58. The van der Waals surface area contributed by atoms with Crippen LogP contribution in [0.3, 0.4) is 0 Å². The number of rotatable bonds is 2. The highest BCUT2D eigenvalue weighted by molar-refractivity contribution is 5.21. The van der Waals surface area contributed by atoms with Gasteiger partial charge in [0.05, 0.1) is 0 Å². The number of aromatic nitrogens is 1. The largest absolute Gasteiger partial charge is 0.321 e. The van der Waals surface area contributed by atoms with E-state index in [1.54, 1.807) is 12.3 Å². The average molecular weight is 148 g/mol. The molecule has 1 aromatic rings. The Hall–Kier alpha value is -1.15. The predicted molar refractivity (Wildman–Crippen MR) is 46.1 cm³/mol. The van der Waals surface area contributed by atoms with Crippen molar-refractivity contribution in [2.24, 2.45) is 5.73 Å². The van der Waals surface area contributed by atoms with Gasteiger partial charge >= 0.3 is 0 Å². The van der Waals surface area contributed by atoms with Gasteiger partial charge in [0.25, 0.3) is 0 Å². The first kappa shape index (κ1) is 7.95. The van der Waals surface area contributed by atoms with Gasteiger partial charge in [0.15, 0.2) is 0 Å². The SMILES string of the molecule is C=C[C@@H](N)c1ccnc(C)c1. The van der Waals surface area contributed by atoms with Crippen molar-refractivity contribution in [2.75, 3.05) is 0 Å². The minimum atomic E-state index is -0.0725. The zero-order chi connectivity index (χ0) is 8.27. The molecule has 1 atom stereocenters. The van der Waals surface area contributed by atoms with Crippen LogP contribution in [0.4, 0.5) is 0 Å². The molecule has 0 aliphatic rings. The maximum absolute atomic E-state index is 5.72. The molecule has 0 fully saturated rings. The zero-order valence-corrected chi connectivity index (χ0v) is 6.62. The van der Waals surface area contributed by atoms with Crippen molar-refractivity contribution in [1.29, 1.82) is 0 Å². The molecule has 0 spiro atoms. The lowest BCUT2D eigenvalue weighted by molar-refractivity contribution is 0.904. The summed E-state index contributed by atoms with van der Waals surface area (Å²) < 4.78 is 0. The summed E-state index contributed by atoms with van der Waals surface area (Å²) in [5.74, 6) is 0. The highest BCUT2D eigenvalue weighted by atomic mass is 14.7. The Bertz CT molecular complexity index is 255. The van der Waals surface area contributed by atoms with Crippen LogP contribution in [-0.2, 0) is 0 Å². The summed E-state index contributed by atoms with van der Waals surface area (Å²) in [6.07, 6.45) is 3.47. The molecule has 2 heteroatoms. The number of pyridine rings is 1. The number of nitrogens with zero attached hydrogens (tertiary/aromatic N) is 1. The first-order valence-corrected chi connectivity index (χ1v) is 3.54. The lowest BCUT2D eigenvalue weighted by atomic mass is 10.1. The number of aryl methyl sites for hydroxylation is 1. The fourth-order valence-corrected chi connectivity index (χ4v) is 0.911. The topological polar surface area (TPSA) is 38.9 Å². The van der Waals surface area contributed by atoms with Crippen LogP contribution in [0.2, 0.25) is 0 Å². The molecular formula is C9H12N2. The second-order valence-electron chi connectivity index (χ2n) is 2.49. The fourth-order valence-electron chi connectivity index (χ4n) is 0.911. The summed E-state index contributed by atoms with van der Waals surface area (Å²) in [5, 5.41) is 0. The maximum Gasteiger partial charge on any atom is 0.0479 e. The standard InChI is InChI=1S/C9H12N2/c1-3-9(10)8-4-5-11-7(2)6-8/h3-6,9H,1,10H2,2H3/t9-/m1/s1. The molecule has 2 nitrogen and oxygen atoms in total. The van der Waals surface area contributed by atoms with Crippen molar-refractivity contribution in [3.05, 3.63) is 42.2 Å². The van der Waals surface area contributed by atoms with Crippen LogP contribution in [0.5, 0.6) is 0 Å². The average Bonchev–Trinajstić information content (AvgIpc) is 2.03. The summed E-state index contributed by atoms with van der Waals surface area (Å²) >= 11 is 0. The van der Waals surface area contributed by atoms with E-state index in [0.29, 0.717) is 0 Å². The van der Waals surface area contributed by atoms with Gasteiger partial charge in [0.1, 0.15) is 0 Å². The van der Waals surface area contributed by atoms with E-state index in [4.69, 9.17) is 5.73 Å². The van der Waals surface area contributed by atoms with Crippen LogP contribution < -0.4 is 5.73 Å². The van der Waals surface area contributed by atoms with Gasteiger partial charge in [0, 0.05) is 17.9 Å². The summed E-state index contributed by atoms with van der Waals surface area (Å²) in [4.78, 5) is 4.07.